The van der Waals surface area contributed by atoms with Crippen molar-refractivity contribution in [2.24, 2.45) is 5.41 Å². The number of aromatic nitrogens is 5. The van der Waals surface area contributed by atoms with Gasteiger partial charge in [-0.25, -0.2) is 4.68 Å². The smallest absolute Gasteiger partial charge is 0.129 e. The first-order valence-electron chi connectivity index (χ1n) is 7.90. The van der Waals surface area contributed by atoms with Gasteiger partial charge in [0.05, 0.1) is 40.2 Å². The second-order valence-electron chi connectivity index (χ2n) is 6.92. The van der Waals surface area contributed by atoms with E-state index >= 15 is 0 Å². The highest BCUT2D eigenvalue weighted by Crippen LogP contribution is 2.35. The van der Waals surface area contributed by atoms with E-state index in [1.807, 2.05) is 10.7 Å². The van der Waals surface area contributed by atoms with Crippen molar-refractivity contribution in [3.8, 4) is 0 Å². The van der Waals surface area contributed by atoms with Gasteiger partial charge in [-0.15, -0.1) is 5.10 Å². The van der Waals surface area contributed by atoms with Crippen molar-refractivity contribution in [3.05, 3.63) is 40.9 Å². The molecule has 2 aromatic heterocycles. The van der Waals surface area contributed by atoms with Crippen LogP contribution in [-0.2, 0) is 6.54 Å². The van der Waals surface area contributed by atoms with Gasteiger partial charge in [0.15, 0.2) is 0 Å². The molecule has 6 nitrogen and oxygen atoms in total. The van der Waals surface area contributed by atoms with Gasteiger partial charge in [0.25, 0.3) is 0 Å². The first-order chi connectivity index (χ1) is 11.4. The summed E-state index contributed by atoms with van der Waals surface area (Å²) in [4.78, 5) is 8.34. The van der Waals surface area contributed by atoms with E-state index < -0.39 is 0 Å². The lowest BCUT2D eigenvalue weighted by molar-refractivity contribution is 0.247. The highest BCUT2D eigenvalue weighted by atomic mass is 79.9. The summed E-state index contributed by atoms with van der Waals surface area (Å²) >= 11 is 3.65. The molecule has 0 bridgehead atoms. The van der Waals surface area contributed by atoms with Crippen LogP contribution in [-0.4, -0.2) is 25.0 Å². The molecule has 0 radical (unpaired) electrons. The van der Waals surface area contributed by atoms with Crippen molar-refractivity contribution in [1.29, 1.82) is 0 Å². The van der Waals surface area contributed by atoms with Crippen molar-refractivity contribution in [3.63, 3.8) is 0 Å². The minimum absolute atomic E-state index is 0.107. The summed E-state index contributed by atoms with van der Waals surface area (Å²) < 4.78 is 2.91. The fraction of sp³-hybridized carbons (Fsp3) is 0.412. The molecular weight excluding hydrogens is 368 g/mol. The van der Waals surface area contributed by atoms with Crippen molar-refractivity contribution >= 4 is 32.7 Å². The van der Waals surface area contributed by atoms with E-state index in [1.54, 1.807) is 18.6 Å². The zero-order valence-electron chi connectivity index (χ0n) is 14.3. The van der Waals surface area contributed by atoms with Crippen LogP contribution in [0.1, 0.15) is 39.4 Å². The van der Waals surface area contributed by atoms with Crippen molar-refractivity contribution < 1.29 is 0 Å². The fourth-order valence-electron chi connectivity index (χ4n) is 2.37. The molecular formula is C17H21BrN6. The summed E-state index contributed by atoms with van der Waals surface area (Å²) in [6.45, 7) is 9.39. The number of benzene rings is 1. The standard InChI is InChI=1S/C17H21BrN6/c1-11(17(2,3)4)24-14-6-5-13(15(18)16(14)22-23-24)21-10-12-9-19-7-8-20-12/h5-9,11,21H,10H2,1-4H3/t11-/m1/s1. The molecule has 0 aliphatic rings. The predicted octanol–water partition coefficient (Wildman–Crippen LogP) is 4.20. The van der Waals surface area contributed by atoms with Gasteiger partial charge in [0.1, 0.15) is 5.52 Å². The van der Waals surface area contributed by atoms with Gasteiger partial charge in [0.2, 0.25) is 0 Å². The third-order valence-electron chi connectivity index (χ3n) is 4.28. The number of anilines is 1. The molecule has 0 fully saturated rings. The first-order valence-corrected chi connectivity index (χ1v) is 8.69. The fourth-order valence-corrected chi connectivity index (χ4v) is 2.93. The maximum atomic E-state index is 4.37. The minimum Gasteiger partial charge on any atom is -0.378 e. The maximum absolute atomic E-state index is 4.37. The molecule has 0 amide bonds. The predicted molar refractivity (Wildman–Crippen MR) is 98.8 cm³/mol. The van der Waals surface area contributed by atoms with Crippen LogP contribution in [0, 0.1) is 5.41 Å². The van der Waals surface area contributed by atoms with E-state index in [4.69, 9.17) is 0 Å². The lowest BCUT2D eigenvalue weighted by Crippen LogP contribution is -2.22. The zero-order valence-corrected chi connectivity index (χ0v) is 15.9. The normalized spacial score (nSPS) is 13.2. The highest BCUT2D eigenvalue weighted by Gasteiger charge is 2.25. The lowest BCUT2D eigenvalue weighted by atomic mass is 9.88. The monoisotopic (exact) mass is 388 g/mol. The zero-order chi connectivity index (χ0) is 17.3. The molecule has 3 rings (SSSR count). The van der Waals surface area contributed by atoms with Crippen LogP contribution in [0.25, 0.3) is 11.0 Å². The Morgan fingerprint density at radius 1 is 1.25 bits per heavy atom. The van der Waals surface area contributed by atoms with E-state index in [0.29, 0.717) is 6.54 Å². The average Bonchev–Trinajstić information content (AvgIpc) is 2.98. The van der Waals surface area contributed by atoms with Gasteiger partial charge < -0.3 is 5.32 Å². The third-order valence-corrected chi connectivity index (χ3v) is 5.08. The molecule has 3 aromatic rings. The second-order valence-corrected chi connectivity index (χ2v) is 7.71. The van der Waals surface area contributed by atoms with Gasteiger partial charge in [-0.3, -0.25) is 9.97 Å². The molecule has 126 valence electrons. The third kappa shape index (κ3) is 3.26. The first kappa shape index (κ1) is 16.8. The lowest BCUT2D eigenvalue weighted by Gasteiger charge is -2.27. The Morgan fingerprint density at radius 3 is 2.71 bits per heavy atom. The molecule has 1 atom stereocenters. The largest absolute Gasteiger partial charge is 0.378 e. The molecule has 0 spiro atoms. The van der Waals surface area contributed by atoms with Crippen molar-refractivity contribution in [2.75, 3.05) is 5.32 Å². The number of rotatable bonds is 4. The molecule has 1 aromatic carbocycles. The molecule has 0 saturated carbocycles. The van der Waals surface area contributed by atoms with Gasteiger partial charge in [-0.2, -0.15) is 0 Å². The summed E-state index contributed by atoms with van der Waals surface area (Å²) in [5.74, 6) is 0. The highest BCUT2D eigenvalue weighted by molar-refractivity contribution is 9.10. The van der Waals surface area contributed by atoms with E-state index in [2.05, 4.69) is 75.3 Å². The van der Waals surface area contributed by atoms with Gasteiger partial charge in [-0.05, 0) is 40.4 Å². The summed E-state index contributed by atoms with van der Waals surface area (Å²) in [6.07, 6.45) is 5.11. The van der Waals surface area contributed by atoms with Crippen LogP contribution in [0.4, 0.5) is 5.69 Å². The van der Waals surface area contributed by atoms with Crippen molar-refractivity contribution in [1.82, 2.24) is 25.0 Å². The summed E-state index contributed by atoms with van der Waals surface area (Å²) in [5.41, 5.74) is 3.83. The van der Waals surface area contributed by atoms with Crippen LogP contribution < -0.4 is 5.32 Å². The molecule has 0 aliphatic carbocycles. The summed E-state index contributed by atoms with van der Waals surface area (Å²) in [7, 11) is 0. The summed E-state index contributed by atoms with van der Waals surface area (Å²) in [5, 5.41) is 12.1. The Balaban J connectivity index is 1.89. The number of hydrogen-bond donors (Lipinski definition) is 1. The molecule has 1 N–H and O–H groups in total. The van der Waals surface area contributed by atoms with Gasteiger partial charge in [-0.1, -0.05) is 26.0 Å². The molecule has 0 unspecified atom stereocenters. The summed E-state index contributed by atoms with van der Waals surface area (Å²) in [6, 6.07) is 4.34. The van der Waals surface area contributed by atoms with E-state index in [-0.39, 0.29) is 11.5 Å². The van der Waals surface area contributed by atoms with E-state index in [9.17, 15) is 0 Å². The number of fused-ring (bicyclic) bond motifs is 1. The van der Waals surface area contributed by atoms with Crippen LogP contribution in [0.2, 0.25) is 0 Å². The molecule has 24 heavy (non-hydrogen) atoms. The van der Waals surface area contributed by atoms with E-state index in [1.165, 1.54) is 0 Å². The second kappa shape index (κ2) is 6.47. The average molecular weight is 389 g/mol. The quantitative estimate of drug-likeness (QED) is 0.724. The van der Waals surface area contributed by atoms with Crippen molar-refractivity contribution in [2.45, 2.75) is 40.3 Å². The Hall–Kier alpha value is -2.02. The van der Waals surface area contributed by atoms with Gasteiger partial charge in [0, 0.05) is 12.4 Å². The number of hydrogen-bond acceptors (Lipinski definition) is 5. The van der Waals surface area contributed by atoms with Crippen LogP contribution in [0.5, 0.6) is 0 Å². The minimum atomic E-state index is 0.107. The van der Waals surface area contributed by atoms with Crippen LogP contribution in [0.3, 0.4) is 0 Å². The maximum Gasteiger partial charge on any atom is 0.129 e. The van der Waals surface area contributed by atoms with Crippen LogP contribution >= 0.6 is 15.9 Å². The number of nitrogens with zero attached hydrogens (tertiary/aromatic N) is 5. The number of halogens is 1. The Labute approximate surface area is 149 Å². The Kier molecular flexibility index (Phi) is 4.54. The van der Waals surface area contributed by atoms with E-state index in [0.717, 1.165) is 26.9 Å². The Bertz CT molecular complexity index is 837. The Morgan fingerprint density at radius 2 is 2.04 bits per heavy atom. The van der Waals surface area contributed by atoms with Crippen LogP contribution in [0.15, 0.2) is 35.2 Å². The molecule has 0 aliphatic heterocycles. The molecule has 7 heteroatoms. The SMILES string of the molecule is C[C@@H](n1nnc2c(Br)c(NCc3cnccn3)ccc21)C(C)(C)C. The molecule has 2 heterocycles. The number of nitrogens with one attached hydrogen (secondary N) is 1. The van der Waals surface area contributed by atoms with Gasteiger partial charge >= 0.3 is 0 Å². The molecule has 0 saturated heterocycles. The topological polar surface area (TPSA) is 68.5 Å².